The van der Waals surface area contributed by atoms with Crippen LogP contribution in [0.25, 0.3) is 0 Å². The third-order valence-corrected chi connectivity index (χ3v) is 7.61. The second kappa shape index (κ2) is 7.06. The minimum Gasteiger partial charge on any atom is -0.342 e. The smallest absolute Gasteiger partial charge is 0.230 e. The van der Waals surface area contributed by atoms with Gasteiger partial charge in [0.15, 0.2) is 0 Å². The lowest BCUT2D eigenvalue weighted by atomic mass is 9.73. The van der Waals surface area contributed by atoms with Crippen molar-refractivity contribution in [2.75, 3.05) is 26.2 Å². The number of likely N-dealkylation sites (tertiary alicyclic amines) is 2. The van der Waals surface area contributed by atoms with Crippen molar-refractivity contribution in [3.8, 4) is 0 Å². The van der Waals surface area contributed by atoms with E-state index >= 15 is 0 Å². The van der Waals surface area contributed by atoms with Crippen molar-refractivity contribution < 1.29 is 9.59 Å². The molecule has 2 heterocycles. The monoisotopic (exact) mass is 378 g/mol. The molecular formula is C24H30N2O2. The lowest BCUT2D eigenvalue weighted by Crippen LogP contribution is -2.46. The number of rotatable bonds is 2. The van der Waals surface area contributed by atoms with Crippen LogP contribution in [0.1, 0.15) is 62.0 Å². The van der Waals surface area contributed by atoms with Crippen LogP contribution in [0.5, 0.6) is 0 Å². The van der Waals surface area contributed by atoms with Crippen molar-refractivity contribution in [3.63, 3.8) is 0 Å². The first-order valence-corrected chi connectivity index (χ1v) is 11.0. The van der Waals surface area contributed by atoms with Crippen LogP contribution in [-0.2, 0) is 15.0 Å². The van der Waals surface area contributed by atoms with Gasteiger partial charge >= 0.3 is 0 Å². The quantitative estimate of drug-likeness (QED) is 0.738. The lowest BCUT2D eigenvalue weighted by Gasteiger charge is -2.41. The van der Waals surface area contributed by atoms with E-state index in [-0.39, 0.29) is 17.3 Å². The third kappa shape index (κ3) is 2.89. The van der Waals surface area contributed by atoms with E-state index in [1.54, 1.807) is 0 Å². The fraction of sp³-hybridized carbons (Fsp3) is 0.583. The Morgan fingerprint density at radius 3 is 2.21 bits per heavy atom. The molecule has 4 heteroatoms. The molecule has 0 saturated carbocycles. The third-order valence-electron chi connectivity index (χ3n) is 7.61. The van der Waals surface area contributed by atoms with E-state index in [4.69, 9.17) is 0 Å². The highest BCUT2D eigenvalue weighted by atomic mass is 16.2. The molecule has 2 fully saturated rings. The molecule has 2 amide bonds. The Bertz CT molecular complexity index is 793. The molecule has 0 aromatic heterocycles. The minimum absolute atomic E-state index is 0.00980. The Labute approximate surface area is 167 Å². The zero-order chi connectivity index (χ0) is 19.1. The molecule has 1 atom stereocenters. The highest BCUT2D eigenvalue weighted by molar-refractivity contribution is 5.86. The van der Waals surface area contributed by atoms with Crippen molar-refractivity contribution in [2.24, 2.45) is 5.92 Å². The molecule has 2 aliphatic heterocycles. The number of benzene rings is 1. The summed E-state index contributed by atoms with van der Waals surface area (Å²) in [5.41, 5.74) is 2.70. The van der Waals surface area contributed by atoms with Crippen molar-refractivity contribution in [1.82, 2.24) is 9.80 Å². The minimum atomic E-state index is 0.00980. The van der Waals surface area contributed by atoms with Gasteiger partial charge in [0.25, 0.3) is 0 Å². The Hall–Kier alpha value is -2.10. The Morgan fingerprint density at radius 1 is 0.857 bits per heavy atom. The average Bonchev–Trinajstić information content (AvgIpc) is 3.49. The van der Waals surface area contributed by atoms with E-state index < -0.39 is 0 Å². The molecule has 0 N–H and O–H groups in total. The zero-order valence-corrected chi connectivity index (χ0v) is 16.6. The number of carbonyl (C=O) groups excluding carboxylic acids is 2. The number of piperidine rings is 1. The fourth-order valence-electron chi connectivity index (χ4n) is 5.98. The van der Waals surface area contributed by atoms with E-state index in [9.17, 15) is 9.59 Å². The molecule has 1 aromatic rings. The van der Waals surface area contributed by atoms with Crippen LogP contribution in [0.4, 0.5) is 0 Å². The lowest BCUT2D eigenvalue weighted by molar-refractivity contribution is -0.137. The molecule has 1 aromatic carbocycles. The maximum atomic E-state index is 13.2. The van der Waals surface area contributed by atoms with E-state index in [0.717, 1.165) is 71.1 Å². The van der Waals surface area contributed by atoms with Crippen LogP contribution < -0.4 is 0 Å². The van der Waals surface area contributed by atoms with Crippen molar-refractivity contribution in [3.05, 3.63) is 47.5 Å². The summed E-state index contributed by atoms with van der Waals surface area (Å²) in [4.78, 5) is 30.2. The Morgan fingerprint density at radius 2 is 1.50 bits per heavy atom. The summed E-state index contributed by atoms with van der Waals surface area (Å²) < 4.78 is 0. The number of amides is 2. The summed E-state index contributed by atoms with van der Waals surface area (Å²) in [5.74, 6) is 0.832. The summed E-state index contributed by atoms with van der Waals surface area (Å²) in [6, 6.07) is 8.61. The van der Waals surface area contributed by atoms with Gasteiger partial charge in [0, 0.05) is 37.5 Å². The normalized spacial score (nSPS) is 26.2. The number of fused-ring (bicyclic) bond motifs is 2. The van der Waals surface area contributed by atoms with Crippen LogP contribution in [-0.4, -0.2) is 47.8 Å². The summed E-state index contributed by atoms with van der Waals surface area (Å²) in [7, 11) is 0. The topological polar surface area (TPSA) is 40.6 Å². The van der Waals surface area contributed by atoms with Crippen LogP contribution in [0.2, 0.25) is 0 Å². The maximum absolute atomic E-state index is 13.2. The molecule has 1 spiro atoms. The molecule has 2 aliphatic carbocycles. The standard InChI is InChI=1S/C24H30N2O2/c27-22(18-7-1-2-8-18)26-15-11-24(12-16-26)17-20(19-9-3-4-10-21(19)24)23(28)25-13-5-6-14-25/h1-4,9-10,18,20H,5-8,11-17H2/t20-/m0/s1. The van der Waals surface area contributed by atoms with E-state index in [0.29, 0.717) is 11.8 Å². The van der Waals surface area contributed by atoms with Gasteiger partial charge in [-0.1, -0.05) is 36.4 Å². The van der Waals surface area contributed by atoms with Gasteiger partial charge in [0.05, 0.1) is 5.92 Å². The van der Waals surface area contributed by atoms with Crippen LogP contribution in [0.3, 0.4) is 0 Å². The average molecular weight is 379 g/mol. The first kappa shape index (κ1) is 18.0. The number of allylic oxidation sites excluding steroid dienone is 2. The number of hydrogen-bond donors (Lipinski definition) is 0. The largest absolute Gasteiger partial charge is 0.342 e. The summed E-state index contributed by atoms with van der Waals surface area (Å²) in [5, 5.41) is 0. The van der Waals surface area contributed by atoms with E-state index in [1.165, 1.54) is 11.1 Å². The number of hydrogen-bond acceptors (Lipinski definition) is 2. The SMILES string of the molecule is O=C(C1CC=CC1)N1CCC2(CC1)C[C@H](C(=O)N1CCCC1)c1ccccc12. The van der Waals surface area contributed by atoms with Crippen molar-refractivity contribution in [1.29, 1.82) is 0 Å². The van der Waals surface area contributed by atoms with Gasteiger partial charge in [-0.05, 0) is 56.1 Å². The predicted octanol–water partition coefficient (Wildman–Crippen LogP) is 3.62. The van der Waals surface area contributed by atoms with Gasteiger partial charge in [-0.2, -0.15) is 0 Å². The predicted molar refractivity (Wildman–Crippen MR) is 109 cm³/mol. The second-order valence-electron chi connectivity index (χ2n) is 9.12. The molecule has 0 radical (unpaired) electrons. The van der Waals surface area contributed by atoms with Gasteiger partial charge in [0.2, 0.25) is 11.8 Å². The summed E-state index contributed by atoms with van der Waals surface area (Å²) >= 11 is 0. The first-order chi connectivity index (χ1) is 13.7. The molecule has 2 saturated heterocycles. The van der Waals surface area contributed by atoms with Crippen LogP contribution in [0.15, 0.2) is 36.4 Å². The summed E-state index contributed by atoms with van der Waals surface area (Å²) in [6.07, 6.45) is 11.2. The molecule has 4 aliphatic rings. The van der Waals surface area contributed by atoms with Crippen LogP contribution >= 0.6 is 0 Å². The molecular weight excluding hydrogens is 348 g/mol. The maximum Gasteiger partial charge on any atom is 0.230 e. The highest BCUT2D eigenvalue weighted by Gasteiger charge is 2.49. The van der Waals surface area contributed by atoms with Gasteiger partial charge in [-0.25, -0.2) is 0 Å². The van der Waals surface area contributed by atoms with Gasteiger partial charge < -0.3 is 9.80 Å². The molecule has 4 nitrogen and oxygen atoms in total. The summed E-state index contributed by atoms with van der Waals surface area (Å²) in [6.45, 7) is 3.49. The highest BCUT2D eigenvalue weighted by Crippen LogP contribution is 2.52. The molecule has 0 bridgehead atoms. The van der Waals surface area contributed by atoms with Crippen LogP contribution in [0, 0.1) is 5.92 Å². The van der Waals surface area contributed by atoms with Gasteiger partial charge in [-0.3, -0.25) is 9.59 Å². The molecule has 28 heavy (non-hydrogen) atoms. The van der Waals surface area contributed by atoms with E-state index in [2.05, 4.69) is 46.2 Å². The van der Waals surface area contributed by atoms with E-state index in [1.807, 2.05) is 0 Å². The van der Waals surface area contributed by atoms with Crippen molar-refractivity contribution >= 4 is 11.8 Å². The molecule has 5 rings (SSSR count). The van der Waals surface area contributed by atoms with Crippen molar-refractivity contribution in [2.45, 2.75) is 56.3 Å². The Kier molecular flexibility index (Phi) is 4.53. The Balaban J connectivity index is 1.34. The fourth-order valence-corrected chi connectivity index (χ4v) is 5.98. The van der Waals surface area contributed by atoms with Gasteiger partial charge in [0.1, 0.15) is 0 Å². The number of carbonyl (C=O) groups is 2. The zero-order valence-electron chi connectivity index (χ0n) is 16.6. The molecule has 148 valence electrons. The number of nitrogens with zero attached hydrogens (tertiary/aromatic N) is 2. The first-order valence-electron chi connectivity index (χ1n) is 11.0. The van der Waals surface area contributed by atoms with Gasteiger partial charge in [-0.15, -0.1) is 0 Å². The molecule has 0 unspecified atom stereocenters. The second-order valence-corrected chi connectivity index (χ2v) is 9.12.